The van der Waals surface area contributed by atoms with E-state index in [1.165, 1.54) is 12.1 Å². The highest BCUT2D eigenvalue weighted by atomic mass is 79.9. The van der Waals surface area contributed by atoms with Gasteiger partial charge in [0.25, 0.3) is 5.69 Å². The second-order valence-corrected chi connectivity index (χ2v) is 6.96. The molecule has 1 aromatic rings. The van der Waals surface area contributed by atoms with Gasteiger partial charge in [-0.25, -0.2) is 0 Å². The molecule has 2 unspecified atom stereocenters. The predicted molar refractivity (Wildman–Crippen MR) is 78.1 cm³/mol. The summed E-state index contributed by atoms with van der Waals surface area (Å²) in [6.07, 6.45) is 0.410. The number of ether oxygens (including phenoxy) is 3. The van der Waals surface area contributed by atoms with Crippen LogP contribution < -0.4 is 9.47 Å². The Morgan fingerprint density at radius 2 is 1.95 bits per heavy atom. The van der Waals surface area contributed by atoms with Gasteiger partial charge in [0.1, 0.15) is 4.32 Å². The maximum absolute atomic E-state index is 11.9. The lowest BCUT2D eigenvalue weighted by Crippen LogP contribution is -2.31. The molecule has 0 N–H and O–H groups in total. The number of esters is 1. The number of nitrogens with zero attached hydrogens (tertiary/aromatic N) is 1. The van der Waals surface area contributed by atoms with Crippen molar-refractivity contribution >= 4 is 43.5 Å². The summed E-state index contributed by atoms with van der Waals surface area (Å²) in [6.45, 7) is 0.287. The van der Waals surface area contributed by atoms with Crippen molar-refractivity contribution in [3.05, 3.63) is 27.8 Å². The van der Waals surface area contributed by atoms with Gasteiger partial charge in [-0.15, -0.1) is 0 Å². The normalized spacial score (nSPS) is 24.8. The van der Waals surface area contributed by atoms with E-state index in [9.17, 15) is 14.9 Å². The lowest BCUT2D eigenvalue weighted by atomic mass is 9.96. The summed E-state index contributed by atoms with van der Waals surface area (Å²) in [7, 11) is 0. The van der Waals surface area contributed by atoms with Crippen molar-refractivity contribution in [3.63, 3.8) is 0 Å². The van der Waals surface area contributed by atoms with E-state index in [0.717, 1.165) is 0 Å². The summed E-state index contributed by atoms with van der Waals surface area (Å²) in [6, 6.07) is 2.83. The molecule has 2 aliphatic rings. The van der Waals surface area contributed by atoms with E-state index < -0.39 is 20.0 Å². The molecule has 21 heavy (non-hydrogen) atoms. The molecule has 0 aromatic heterocycles. The van der Waals surface area contributed by atoms with Gasteiger partial charge in [0.05, 0.1) is 22.4 Å². The molecule has 2 heterocycles. The Bertz CT molecular complexity index is 636. The van der Waals surface area contributed by atoms with Crippen molar-refractivity contribution in [1.82, 2.24) is 0 Å². The smallest absolute Gasteiger partial charge is 0.324 e. The Morgan fingerprint density at radius 3 is 2.52 bits per heavy atom. The second-order valence-electron chi connectivity index (χ2n) is 4.63. The molecule has 0 radical (unpaired) electrons. The first kappa shape index (κ1) is 14.6. The average Bonchev–Trinajstić information content (AvgIpc) is 3.04. The largest absolute Gasteiger partial charge is 0.465 e. The van der Waals surface area contributed by atoms with Gasteiger partial charge >= 0.3 is 5.97 Å². The van der Waals surface area contributed by atoms with Crippen LogP contribution in [0.15, 0.2) is 12.1 Å². The number of rotatable bonds is 3. The molecule has 0 aliphatic carbocycles. The molecule has 9 heteroatoms. The molecule has 112 valence electrons. The third-order valence-corrected chi connectivity index (χ3v) is 6.50. The van der Waals surface area contributed by atoms with Gasteiger partial charge in [-0.05, 0) is 6.07 Å². The van der Waals surface area contributed by atoms with Crippen LogP contribution in [0.25, 0.3) is 0 Å². The summed E-state index contributed by atoms with van der Waals surface area (Å²) in [5.74, 6) is 0.293. The highest BCUT2D eigenvalue weighted by molar-refractivity contribution is 9.12. The lowest BCUT2D eigenvalue weighted by molar-refractivity contribution is -0.385. The predicted octanol–water partition coefficient (Wildman–Crippen LogP) is 2.84. The van der Waals surface area contributed by atoms with Crippen LogP contribution in [-0.2, 0) is 9.53 Å². The SMILES string of the molecule is O=C1OCCC1(Br)C(Br)c1cc2c(cc1[N+](=O)[O-])OCO2. The average molecular weight is 423 g/mol. The van der Waals surface area contributed by atoms with Crippen LogP contribution in [0.1, 0.15) is 16.8 Å². The Hall–Kier alpha value is -1.35. The molecule has 2 aliphatic heterocycles. The van der Waals surface area contributed by atoms with E-state index in [1.807, 2.05) is 0 Å². The quantitative estimate of drug-likeness (QED) is 0.322. The molecule has 2 atom stereocenters. The molecule has 0 amide bonds. The number of hydrogen-bond donors (Lipinski definition) is 0. The Balaban J connectivity index is 2.09. The number of hydrogen-bond acceptors (Lipinski definition) is 6. The zero-order valence-corrected chi connectivity index (χ0v) is 13.7. The minimum absolute atomic E-state index is 0.0182. The first-order valence-electron chi connectivity index (χ1n) is 6.01. The zero-order valence-electron chi connectivity index (χ0n) is 10.5. The zero-order chi connectivity index (χ0) is 15.2. The Kier molecular flexibility index (Phi) is 3.56. The topological polar surface area (TPSA) is 87.9 Å². The van der Waals surface area contributed by atoms with E-state index >= 15 is 0 Å². The van der Waals surface area contributed by atoms with E-state index in [1.54, 1.807) is 0 Å². The number of nitro groups is 1. The number of nitro benzene ring substituents is 1. The fourth-order valence-corrected chi connectivity index (χ4v) is 3.60. The highest BCUT2D eigenvalue weighted by Crippen LogP contribution is 2.51. The maximum Gasteiger partial charge on any atom is 0.324 e. The number of fused-ring (bicyclic) bond motifs is 1. The third kappa shape index (κ3) is 2.28. The fourth-order valence-electron chi connectivity index (χ4n) is 2.30. The van der Waals surface area contributed by atoms with Crippen LogP contribution in [0, 0.1) is 10.1 Å². The molecular formula is C12H9Br2NO6. The Morgan fingerprint density at radius 1 is 1.29 bits per heavy atom. The summed E-state index contributed by atoms with van der Waals surface area (Å²) in [5.41, 5.74) is 0.194. The number of carbonyl (C=O) groups excluding carboxylic acids is 1. The standard InChI is InChI=1S/C12H9Br2NO6/c13-10(12(14)1-2-19-11(12)16)6-3-8-9(21-5-20-8)4-7(6)15(17)18/h3-4,10H,1-2,5H2. The summed E-state index contributed by atoms with van der Waals surface area (Å²) >= 11 is 6.75. The molecular weight excluding hydrogens is 414 g/mol. The van der Waals surface area contributed by atoms with Crippen LogP contribution in [0.2, 0.25) is 0 Å². The monoisotopic (exact) mass is 421 g/mol. The van der Waals surface area contributed by atoms with Gasteiger partial charge in [0, 0.05) is 12.0 Å². The first-order valence-corrected chi connectivity index (χ1v) is 7.72. The lowest BCUT2D eigenvalue weighted by Gasteiger charge is -2.23. The number of cyclic esters (lactones) is 1. The van der Waals surface area contributed by atoms with Gasteiger partial charge in [-0.2, -0.15) is 0 Å². The van der Waals surface area contributed by atoms with E-state index in [2.05, 4.69) is 31.9 Å². The Labute approximate surface area is 135 Å². The van der Waals surface area contributed by atoms with Crippen LogP contribution in [0.3, 0.4) is 0 Å². The minimum atomic E-state index is -1.04. The molecule has 3 rings (SSSR count). The third-order valence-electron chi connectivity index (χ3n) is 3.43. The van der Waals surface area contributed by atoms with Gasteiger partial charge < -0.3 is 14.2 Å². The van der Waals surface area contributed by atoms with Crippen molar-refractivity contribution in [2.24, 2.45) is 0 Å². The van der Waals surface area contributed by atoms with Crippen molar-refractivity contribution in [2.75, 3.05) is 13.4 Å². The summed E-state index contributed by atoms with van der Waals surface area (Å²) in [4.78, 5) is 22.0. The van der Waals surface area contributed by atoms with E-state index in [0.29, 0.717) is 23.5 Å². The van der Waals surface area contributed by atoms with Crippen molar-refractivity contribution in [3.8, 4) is 11.5 Å². The maximum atomic E-state index is 11.9. The fraction of sp³-hybridized carbons (Fsp3) is 0.417. The van der Waals surface area contributed by atoms with Gasteiger partial charge in [0.2, 0.25) is 6.79 Å². The van der Waals surface area contributed by atoms with Crippen LogP contribution in [-0.4, -0.2) is 28.6 Å². The summed E-state index contributed by atoms with van der Waals surface area (Å²) < 4.78 is 14.3. The molecule has 1 aromatic carbocycles. The number of benzene rings is 1. The number of carbonyl (C=O) groups is 1. The first-order chi connectivity index (χ1) is 9.93. The minimum Gasteiger partial charge on any atom is -0.465 e. The molecule has 0 bridgehead atoms. The molecule has 7 nitrogen and oxygen atoms in total. The van der Waals surface area contributed by atoms with Crippen LogP contribution >= 0.6 is 31.9 Å². The number of alkyl halides is 2. The summed E-state index contributed by atoms with van der Waals surface area (Å²) in [5, 5.41) is 11.3. The van der Waals surface area contributed by atoms with Crippen molar-refractivity contribution in [2.45, 2.75) is 15.6 Å². The van der Waals surface area contributed by atoms with Gasteiger partial charge in [-0.1, -0.05) is 31.9 Å². The molecule has 0 saturated carbocycles. The molecule has 0 spiro atoms. The van der Waals surface area contributed by atoms with Gasteiger partial charge in [0.15, 0.2) is 11.5 Å². The van der Waals surface area contributed by atoms with Crippen LogP contribution in [0.5, 0.6) is 11.5 Å². The van der Waals surface area contributed by atoms with Crippen LogP contribution in [0.4, 0.5) is 5.69 Å². The second kappa shape index (κ2) is 5.13. The van der Waals surface area contributed by atoms with E-state index in [4.69, 9.17) is 14.2 Å². The highest BCUT2D eigenvalue weighted by Gasteiger charge is 2.50. The van der Waals surface area contributed by atoms with E-state index in [-0.39, 0.29) is 19.1 Å². The molecule has 1 fully saturated rings. The van der Waals surface area contributed by atoms with Gasteiger partial charge in [-0.3, -0.25) is 14.9 Å². The molecule has 1 saturated heterocycles. The number of halogens is 2. The van der Waals surface area contributed by atoms with Crippen molar-refractivity contribution < 1.29 is 23.9 Å². The van der Waals surface area contributed by atoms with Crippen molar-refractivity contribution in [1.29, 1.82) is 0 Å².